The van der Waals surface area contributed by atoms with Gasteiger partial charge in [0.15, 0.2) is 5.96 Å². The van der Waals surface area contributed by atoms with Crippen molar-refractivity contribution >= 4 is 23.6 Å². The van der Waals surface area contributed by atoms with Crippen LogP contribution in [0.15, 0.2) is 64.5 Å². The van der Waals surface area contributed by atoms with E-state index in [-0.39, 0.29) is 5.91 Å². The fourth-order valence-corrected chi connectivity index (χ4v) is 3.60. The molecule has 0 saturated heterocycles. The minimum absolute atomic E-state index is 0.0796. The lowest BCUT2D eigenvalue weighted by molar-refractivity contribution is 0.0773. The number of carbonyl (C=O) groups excluding carboxylic acids is 1. The number of benzene rings is 2. The standard InChI is InChI=1S/C23H32N4OS/c1-4-24-23(25-16-17-29-21-10-8-7-9-11-21)26-18-19-12-14-20(15-13-19)22(28)27(5-2)6-3/h7-15H,4-6,16-18H2,1-3H3,(H2,24,25,26). The summed E-state index contributed by atoms with van der Waals surface area (Å²) in [6.45, 7) is 9.72. The topological polar surface area (TPSA) is 56.7 Å². The minimum atomic E-state index is 0.0796. The molecule has 2 aromatic rings. The number of guanidine groups is 1. The molecule has 6 heteroatoms. The van der Waals surface area contributed by atoms with Gasteiger partial charge in [-0.1, -0.05) is 30.3 Å². The molecule has 0 aliphatic rings. The summed E-state index contributed by atoms with van der Waals surface area (Å²) in [6.07, 6.45) is 0. The highest BCUT2D eigenvalue weighted by molar-refractivity contribution is 7.99. The molecular formula is C23H32N4OS. The second-order valence-corrected chi connectivity index (χ2v) is 7.63. The average Bonchev–Trinajstić information content (AvgIpc) is 2.76. The predicted molar refractivity (Wildman–Crippen MR) is 124 cm³/mol. The normalized spacial score (nSPS) is 11.2. The SMILES string of the molecule is CCNC(=NCc1ccc(C(=O)N(CC)CC)cc1)NCCSc1ccccc1. The Kier molecular flexibility index (Phi) is 10.1. The van der Waals surface area contributed by atoms with E-state index in [0.29, 0.717) is 6.54 Å². The van der Waals surface area contributed by atoms with Crippen molar-refractivity contribution in [3.8, 4) is 0 Å². The quantitative estimate of drug-likeness (QED) is 0.268. The van der Waals surface area contributed by atoms with Crippen molar-refractivity contribution in [3.63, 3.8) is 0 Å². The Morgan fingerprint density at radius 3 is 2.28 bits per heavy atom. The van der Waals surface area contributed by atoms with Gasteiger partial charge in [-0.25, -0.2) is 4.99 Å². The highest BCUT2D eigenvalue weighted by Crippen LogP contribution is 2.15. The number of rotatable bonds is 10. The van der Waals surface area contributed by atoms with Crippen molar-refractivity contribution in [1.29, 1.82) is 0 Å². The van der Waals surface area contributed by atoms with Crippen molar-refractivity contribution in [2.75, 3.05) is 31.9 Å². The van der Waals surface area contributed by atoms with Crippen LogP contribution in [0.2, 0.25) is 0 Å². The average molecular weight is 413 g/mol. The number of aliphatic imine (C=N–C) groups is 1. The van der Waals surface area contributed by atoms with E-state index in [0.717, 1.165) is 49.0 Å². The van der Waals surface area contributed by atoms with Crippen LogP contribution < -0.4 is 10.6 Å². The molecule has 1 amide bonds. The van der Waals surface area contributed by atoms with Gasteiger partial charge in [-0.3, -0.25) is 4.79 Å². The largest absolute Gasteiger partial charge is 0.357 e. The highest BCUT2D eigenvalue weighted by atomic mass is 32.2. The van der Waals surface area contributed by atoms with E-state index >= 15 is 0 Å². The van der Waals surface area contributed by atoms with E-state index in [1.807, 2.05) is 60.8 Å². The van der Waals surface area contributed by atoms with Gasteiger partial charge in [0.25, 0.3) is 5.91 Å². The lowest BCUT2D eigenvalue weighted by Gasteiger charge is -2.18. The maximum Gasteiger partial charge on any atom is 0.253 e. The summed E-state index contributed by atoms with van der Waals surface area (Å²) in [5.74, 6) is 1.86. The van der Waals surface area contributed by atoms with Gasteiger partial charge in [0.2, 0.25) is 0 Å². The monoisotopic (exact) mass is 412 g/mol. The summed E-state index contributed by atoms with van der Waals surface area (Å²) in [5.41, 5.74) is 1.81. The molecule has 0 radical (unpaired) electrons. The summed E-state index contributed by atoms with van der Waals surface area (Å²) >= 11 is 1.82. The van der Waals surface area contributed by atoms with E-state index in [1.165, 1.54) is 4.90 Å². The summed E-state index contributed by atoms with van der Waals surface area (Å²) in [4.78, 5) is 20.2. The number of nitrogens with one attached hydrogen (secondary N) is 2. The molecule has 0 aliphatic carbocycles. The van der Waals surface area contributed by atoms with Crippen LogP contribution in [0.4, 0.5) is 0 Å². The third kappa shape index (κ3) is 7.81. The summed E-state index contributed by atoms with van der Waals surface area (Å²) in [6, 6.07) is 18.1. The number of hydrogen-bond acceptors (Lipinski definition) is 3. The predicted octanol–water partition coefficient (Wildman–Crippen LogP) is 4.02. The number of nitrogens with zero attached hydrogens (tertiary/aromatic N) is 2. The third-order valence-electron chi connectivity index (χ3n) is 4.42. The smallest absolute Gasteiger partial charge is 0.253 e. The summed E-state index contributed by atoms with van der Waals surface area (Å²) in [5, 5.41) is 6.66. The zero-order chi connectivity index (χ0) is 20.9. The van der Waals surface area contributed by atoms with Crippen LogP contribution in [0, 0.1) is 0 Å². The molecule has 0 spiro atoms. The first-order valence-electron chi connectivity index (χ1n) is 10.3. The molecule has 0 saturated carbocycles. The van der Waals surface area contributed by atoms with Gasteiger partial charge >= 0.3 is 0 Å². The molecule has 2 N–H and O–H groups in total. The number of carbonyl (C=O) groups is 1. The molecular weight excluding hydrogens is 380 g/mol. The molecule has 29 heavy (non-hydrogen) atoms. The van der Waals surface area contributed by atoms with Gasteiger partial charge < -0.3 is 15.5 Å². The number of thioether (sulfide) groups is 1. The maximum absolute atomic E-state index is 12.4. The molecule has 2 aromatic carbocycles. The molecule has 0 aromatic heterocycles. The van der Waals surface area contributed by atoms with Crippen LogP contribution in [-0.4, -0.2) is 48.7 Å². The second kappa shape index (κ2) is 12.9. The maximum atomic E-state index is 12.4. The zero-order valence-corrected chi connectivity index (χ0v) is 18.5. The summed E-state index contributed by atoms with van der Waals surface area (Å²) in [7, 11) is 0. The molecule has 2 rings (SSSR count). The fourth-order valence-electron chi connectivity index (χ4n) is 2.81. The molecule has 0 unspecified atom stereocenters. The van der Waals surface area contributed by atoms with Crippen molar-refractivity contribution in [2.45, 2.75) is 32.2 Å². The van der Waals surface area contributed by atoms with Gasteiger partial charge in [0.1, 0.15) is 0 Å². The van der Waals surface area contributed by atoms with Crippen molar-refractivity contribution < 1.29 is 4.79 Å². The Balaban J connectivity index is 1.86. The third-order valence-corrected chi connectivity index (χ3v) is 5.44. The number of hydrogen-bond donors (Lipinski definition) is 2. The molecule has 0 heterocycles. The first-order chi connectivity index (χ1) is 14.2. The van der Waals surface area contributed by atoms with Crippen molar-refractivity contribution in [3.05, 3.63) is 65.7 Å². The van der Waals surface area contributed by atoms with Gasteiger partial charge in [0.05, 0.1) is 6.54 Å². The minimum Gasteiger partial charge on any atom is -0.357 e. The Morgan fingerprint density at radius 2 is 1.66 bits per heavy atom. The van der Waals surface area contributed by atoms with E-state index < -0.39 is 0 Å². The number of amides is 1. The van der Waals surface area contributed by atoms with Crippen LogP contribution >= 0.6 is 11.8 Å². The Hall–Kier alpha value is -2.47. The fraction of sp³-hybridized carbons (Fsp3) is 0.391. The lowest BCUT2D eigenvalue weighted by atomic mass is 10.1. The van der Waals surface area contributed by atoms with Crippen LogP contribution in [-0.2, 0) is 6.54 Å². The highest BCUT2D eigenvalue weighted by Gasteiger charge is 2.11. The zero-order valence-electron chi connectivity index (χ0n) is 17.6. The van der Waals surface area contributed by atoms with Crippen LogP contribution in [0.5, 0.6) is 0 Å². The molecule has 0 atom stereocenters. The van der Waals surface area contributed by atoms with Crippen LogP contribution in [0.1, 0.15) is 36.7 Å². The van der Waals surface area contributed by atoms with E-state index in [4.69, 9.17) is 0 Å². The van der Waals surface area contributed by atoms with Crippen molar-refractivity contribution in [2.24, 2.45) is 4.99 Å². The van der Waals surface area contributed by atoms with E-state index in [1.54, 1.807) is 0 Å². The molecule has 0 fully saturated rings. The molecule has 0 bridgehead atoms. The lowest BCUT2D eigenvalue weighted by Crippen LogP contribution is -2.38. The first-order valence-corrected chi connectivity index (χ1v) is 11.2. The van der Waals surface area contributed by atoms with Crippen LogP contribution in [0.25, 0.3) is 0 Å². The Labute approximate surface area is 179 Å². The summed E-state index contributed by atoms with van der Waals surface area (Å²) < 4.78 is 0. The van der Waals surface area contributed by atoms with E-state index in [9.17, 15) is 4.79 Å². The van der Waals surface area contributed by atoms with Gasteiger partial charge in [0, 0.05) is 42.4 Å². The molecule has 156 valence electrons. The van der Waals surface area contributed by atoms with Crippen molar-refractivity contribution in [1.82, 2.24) is 15.5 Å². The Bertz CT molecular complexity index is 758. The van der Waals surface area contributed by atoms with Gasteiger partial charge in [-0.15, -0.1) is 11.8 Å². The van der Waals surface area contributed by atoms with E-state index in [2.05, 4.69) is 46.8 Å². The van der Waals surface area contributed by atoms with Gasteiger partial charge in [-0.05, 0) is 50.6 Å². The first kappa shape index (κ1) is 22.8. The molecule has 0 aliphatic heterocycles. The van der Waals surface area contributed by atoms with Gasteiger partial charge in [-0.2, -0.15) is 0 Å². The molecule has 5 nitrogen and oxygen atoms in total. The Morgan fingerprint density at radius 1 is 0.966 bits per heavy atom. The van der Waals surface area contributed by atoms with Crippen LogP contribution in [0.3, 0.4) is 0 Å². The second-order valence-electron chi connectivity index (χ2n) is 6.46.